The van der Waals surface area contributed by atoms with Crippen molar-refractivity contribution in [2.45, 2.75) is 6.54 Å². The van der Waals surface area contributed by atoms with Gasteiger partial charge < -0.3 is 14.6 Å². The largest absolute Gasteiger partial charge is 0.459 e. The molecule has 1 aromatic carbocycles. The first-order valence-corrected chi connectivity index (χ1v) is 7.74. The van der Waals surface area contributed by atoms with E-state index in [2.05, 4.69) is 16.2 Å². The Bertz CT molecular complexity index is 726. The summed E-state index contributed by atoms with van der Waals surface area (Å²) in [5.41, 5.74) is 6.22. The lowest BCUT2D eigenvalue weighted by Gasteiger charge is -2.14. The van der Waals surface area contributed by atoms with Crippen molar-refractivity contribution in [3.8, 4) is 0 Å². The monoisotopic (exact) mass is 345 g/mol. The molecule has 1 atom stereocenters. The molecule has 8 heteroatoms. The van der Waals surface area contributed by atoms with Crippen LogP contribution in [0.1, 0.15) is 26.5 Å². The van der Waals surface area contributed by atoms with Crippen molar-refractivity contribution in [1.82, 2.24) is 16.2 Å². The Labute approximate surface area is 145 Å². The molecule has 0 aliphatic carbocycles. The van der Waals surface area contributed by atoms with Gasteiger partial charge >= 0.3 is 5.91 Å². The van der Waals surface area contributed by atoms with Gasteiger partial charge in [0.15, 0.2) is 12.3 Å². The first kappa shape index (κ1) is 18.2. The summed E-state index contributed by atoms with van der Waals surface area (Å²) in [5.74, 6) is -0.851. The maximum Gasteiger partial charge on any atom is 0.305 e. The van der Waals surface area contributed by atoms with Crippen LogP contribution in [0.4, 0.5) is 0 Å². The summed E-state index contributed by atoms with van der Waals surface area (Å²) in [6, 6.07) is 10.3. The van der Waals surface area contributed by atoms with Crippen LogP contribution < -0.4 is 21.1 Å². The molecule has 0 aliphatic heterocycles. The molecule has 0 bridgehead atoms. The molecule has 1 aromatic heterocycles. The molecule has 0 saturated carbocycles. The smallest absolute Gasteiger partial charge is 0.305 e. The number of benzene rings is 1. The van der Waals surface area contributed by atoms with Crippen LogP contribution in [-0.2, 0) is 11.3 Å². The van der Waals surface area contributed by atoms with E-state index in [4.69, 9.17) is 4.42 Å². The first-order chi connectivity index (χ1) is 12.0. The average molecular weight is 345 g/mol. The van der Waals surface area contributed by atoms with Gasteiger partial charge in [0.05, 0.1) is 13.3 Å². The Morgan fingerprint density at radius 3 is 2.36 bits per heavy atom. The summed E-state index contributed by atoms with van der Waals surface area (Å²) in [7, 11) is 3.44. The standard InChI is InChI=1S/C17H20N4O4/c1-18-16(23)13-7-5-12(6-8-13)10-21(2)11-15(22)19-20-17(24)14-4-3-9-25-14/h3-9H,10-11H2,1-2H3,(H,18,23)(H,19,22)(H,20,24)/p+1. The number of furan rings is 1. The van der Waals surface area contributed by atoms with E-state index in [9.17, 15) is 14.4 Å². The predicted octanol–water partition coefficient (Wildman–Crippen LogP) is -0.885. The number of hydrogen-bond acceptors (Lipinski definition) is 4. The van der Waals surface area contributed by atoms with Crippen molar-refractivity contribution in [3.63, 3.8) is 0 Å². The van der Waals surface area contributed by atoms with Gasteiger partial charge in [-0.2, -0.15) is 0 Å². The molecule has 2 rings (SSSR count). The Hall–Kier alpha value is -3.13. The van der Waals surface area contributed by atoms with Gasteiger partial charge in [-0.05, 0) is 24.3 Å². The molecule has 25 heavy (non-hydrogen) atoms. The normalized spacial score (nSPS) is 11.4. The molecule has 1 heterocycles. The highest BCUT2D eigenvalue weighted by Crippen LogP contribution is 2.03. The van der Waals surface area contributed by atoms with E-state index in [1.807, 2.05) is 19.2 Å². The number of carbonyl (C=O) groups is 3. The van der Waals surface area contributed by atoms with Crippen LogP contribution in [0.5, 0.6) is 0 Å². The van der Waals surface area contributed by atoms with Crippen LogP contribution in [0, 0.1) is 0 Å². The maximum absolute atomic E-state index is 11.9. The zero-order valence-electron chi connectivity index (χ0n) is 14.1. The van der Waals surface area contributed by atoms with E-state index < -0.39 is 5.91 Å². The van der Waals surface area contributed by atoms with Gasteiger partial charge in [-0.3, -0.25) is 25.2 Å². The van der Waals surface area contributed by atoms with Crippen molar-refractivity contribution in [2.75, 3.05) is 20.6 Å². The van der Waals surface area contributed by atoms with Gasteiger partial charge in [-0.25, -0.2) is 0 Å². The first-order valence-electron chi connectivity index (χ1n) is 7.74. The van der Waals surface area contributed by atoms with Crippen molar-refractivity contribution in [1.29, 1.82) is 0 Å². The lowest BCUT2D eigenvalue weighted by atomic mass is 10.1. The minimum absolute atomic E-state index is 0.122. The Kier molecular flexibility index (Phi) is 6.30. The summed E-state index contributed by atoms with van der Waals surface area (Å²) in [6.45, 7) is 0.781. The van der Waals surface area contributed by atoms with Crippen molar-refractivity contribution in [3.05, 3.63) is 59.5 Å². The molecule has 0 radical (unpaired) electrons. The Morgan fingerprint density at radius 2 is 1.76 bits per heavy atom. The second-order valence-corrected chi connectivity index (χ2v) is 5.57. The number of hydrogen-bond donors (Lipinski definition) is 4. The van der Waals surface area contributed by atoms with Gasteiger partial charge in [-0.15, -0.1) is 0 Å². The van der Waals surface area contributed by atoms with Crippen LogP contribution in [0.25, 0.3) is 0 Å². The molecule has 0 saturated heterocycles. The van der Waals surface area contributed by atoms with Crippen molar-refractivity contribution < 1.29 is 23.7 Å². The highest BCUT2D eigenvalue weighted by molar-refractivity contribution is 5.94. The van der Waals surface area contributed by atoms with Crippen molar-refractivity contribution >= 4 is 17.7 Å². The summed E-state index contributed by atoms with van der Waals surface area (Å²) in [6.07, 6.45) is 1.38. The third-order valence-corrected chi connectivity index (χ3v) is 3.47. The number of quaternary nitrogens is 1. The molecule has 8 nitrogen and oxygen atoms in total. The highest BCUT2D eigenvalue weighted by atomic mass is 16.3. The third kappa shape index (κ3) is 5.47. The summed E-state index contributed by atoms with van der Waals surface area (Å²) in [4.78, 5) is 35.9. The van der Waals surface area contributed by atoms with Gasteiger partial charge in [0.1, 0.15) is 6.54 Å². The fourth-order valence-corrected chi connectivity index (χ4v) is 2.24. The Morgan fingerprint density at radius 1 is 1.04 bits per heavy atom. The van der Waals surface area contributed by atoms with Gasteiger partial charge in [0, 0.05) is 18.2 Å². The van der Waals surface area contributed by atoms with E-state index in [0.717, 1.165) is 10.5 Å². The number of amides is 3. The molecule has 2 aromatic rings. The van der Waals surface area contributed by atoms with E-state index in [1.54, 1.807) is 25.2 Å². The van der Waals surface area contributed by atoms with E-state index in [-0.39, 0.29) is 24.1 Å². The molecule has 0 spiro atoms. The lowest BCUT2D eigenvalue weighted by Crippen LogP contribution is -3.09. The summed E-state index contributed by atoms with van der Waals surface area (Å²) >= 11 is 0. The van der Waals surface area contributed by atoms with E-state index in [1.165, 1.54) is 12.3 Å². The zero-order valence-corrected chi connectivity index (χ0v) is 14.1. The molecule has 0 fully saturated rings. The molecule has 0 aliphatic rings. The second-order valence-electron chi connectivity index (χ2n) is 5.57. The fourth-order valence-electron chi connectivity index (χ4n) is 2.24. The van der Waals surface area contributed by atoms with Crippen LogP contribution in [0.2, 0.25) is 0 Å². The quantitative estimate of drug-likeness (QED) is 0.510. The third-order valence-electron chi connectivity index (χ3n) is 3.47. The topological polar surface area (TPSA) is 105 Å². The number of hydrazine groups is 1. The predicted molar refractivity (Wildman–Crippen MR) is 89.6 cm³/mol. The Balaban J connectivity index is 1.77. The van der Waals surface area contributed by atoms with Gasteiger partial charge in [0.25, 0.3) is 11.8 Å². The fraction of sp³-hybridized carbons (Fsp3) is 0.235. The number of likely N-dealkylation sites (N-methyl/N-ethyl adjacent to an activating group) is 1. The highest BCUT2D eigenvalue weighted by Gasteiger charge is 2.13. The maximum atomic E-state index is 11.9. The number of rotatable bonds is 6. The molecular formula is C17H21N4O4+. The van der Waals surface area contributed by atoms with E-state index >= 15 is 0 Å². The molecule has 1 unspecified atom stereocenters. The minimum Gasteiger partial charge on any atom is -0.459 e. The number of carbonyl (C=O) groups excluding carboxylic acids is 3. The second kappa shape index (κ2) is 8.65. The zero-order chi connectivity index (χ0) is 18.2. The van der Waals surface area contributed by atoms with Crippen LogP contribution >= 0.6 is 0 Å². The van der Waals surface area contributed by atoms with E-state index in [0.29, 0.717) is 12.1 Å². The number of nitrogens with one attached hydrogen (secondary N) is 4. The van der Waals surface area contributed by atoms with Crippen LogP contribution in [0.15, 0.2) is 47.1 Å². The van der Waals surface area contributed by atoms with Crippen LogP contribution in [-0.4, -0.2) is 38.4 Å². The molecule has 132 valence electrons. The molecule has 4 N–H and O–H groups in total. The van der Waals surface area contributed by atoms with Crippen molar-refractivity contribution in [2.24, 2.45) is 0 Å². The SMILES string of the molecule is CNC(=O)c1ccc(C[NH+](C)CC(=O)NNC(=O)c2ccco2)cc1. The summed E-state index contributed by atoms with van der Waals surface area (Å²) in [5, 5.41) is 2.56. The average Bonchev–Trinajstić information content (AvgIpc) is 3.14. The minimum atomic E-state index is -0.513. The lowest BCUT2D eigenvalue weighted by molar-refractivity contribution is -0.885. The van der Waals surface area contributed by atoms with Gasteiger partial charge in [-0.1, -0.05) is 12.1 Å². The molecular weight excluding hydrogens is 324 g/mol. The molecule has 3 amide bonds. The summed E-state index contributed by atoms with van der Waals surface area (Å²) < 4.78 is 4.93. The van der Waals surface area contributed by atoms with Gasteiger partial charge in [0.2, 0.25) is 0 Å². The van der Waals surface area contributed by atoms with Crippen LogP contribution in [0.3, 0.4) is 0 Å².